The third kappa shape index (κ3) is 3.32. The first kappa shape index (κ1) is 12.1. The number of aliphatic hydroxyl groups is 1. The van der Waals surface area contributed by atoms with Crippen LogP contribution in [0.4, 0.5) is 4.39 Å². The van der Waals surface area contributed by atoms with Crippen molar-refractivity contribution in [2.75, 3.05) is 0 Å². The van der Waals surface area contributed by atoms with E-state index in [4.69, 9.17) is 5.11 Å². The normalized spacial score (nSPS) is 10.5. The van der Waals surface area contributed by atoms with Gasteiger partial charge < -0.3 is 5.11 Å². The van der Waals surface area contributed by atoms with E-state index in [0.29, 0.717) is 5.56 Å². The maximum absolute atomic E-state index is 13.3. The molecule has 0 heterocycles. The van der Waals surface area contributed by atoms with Gasteiger partial charge in [-0.15, -0.1) is 0 Å². The van der Waals surface area contributed by atoms with E-state index in [1.807, 2.05) is 31.2 Å². The Morgan fingerprint density at radius 2 is 1.94 bits per heavy atom. The van der Waals surface area contributed by atoms with E-state index in [1.165, 1.54) is 29.5 Å². The molecule has 2 rings (SSSR count). The number of aliphatic hydroxyl groups excluding tert-OH is 1. The molecule has 0 aliphatic heterocycles. The van der Waals surface area contributed by atoms with E-state index >= 15 is 0 Å². The average molecular weight is 248 g/mol. The van der Waals surface area contributed by atoms with Crippen molar-refractivity contribution in [1.29, 1.82) is 0 Å². The molecule has 0 aromatic heterocycles. The summed E-state index contributed by atoms with van der Waals surface area (Å²) in [7, 11) is 0. The Labute approximate surface area is 104 Å². The first-order valence-electron chi connectivity index (χ1n) is 5.32. The van der Waals surface area contributed by atoms with E-state index in [1.54, 1.807) is 6.07 Å². The van der Waals surface area contributed by atoms with Gasteiger partial charge in [-0.3, -0.25) is 0 Å². The molecule has 0 amide bonds. The molecule has 2 aromatic rings. The molecule has 0 saturated carbocycles. The zero-order valence-corrected chi connectivity index (χ0v) is 10.3. The van der Waals surface area contributed by atoms with Crippen molar-refractivity contribution in [1.82, 2.24) is 0 Å². The van der Waals surface area contributed by atoms with Crippen LogP contribution in [-0.2, 0) is 6.61 Å². The molecule has 0 radical (unpaired) electrons. The van der Waals surface area contributed by atoms with Crippen LogP contribution in [0.3, 0.4) is 0 Å². The Balaban J connectivity index is 2.26. The lowest BCUT2D eigenvalue weighted by atomic mass is 10.2. The van der Waals surface area contributed by atoms with E-state index in [-0.39, 0.29) is 12.4 Å². The van der Waals surface area contributed by atoms with Crippen LogP contribution in [0.15, 0.2) is 52.3 Å². The van der Waals surface area contributed by atoms with Crippen molar-refractivity contribution in [2.24, 2.45) is 0 Å². The molecule has 1 N–H and O–H groups in total. The summed E-state index contributed by atoms with van der Waals surface area (Å²) in [4.78, 5) is 1.87. The summed E-state index contributed by atoms with van der Waals surface area (Å²) in [5, 5.41) is 9.02. The highest BCUT2D eigenvalue weighted by Crippen LogP contribution is 2.29. The quantitative estimate of drug-likeness (QED) is 0.892. The number of benzene rings is 2. The Bertz CT molecular complexity index is 525. The average Bonchev–Trinajstić information content (AvgIpc) is 2.28. The van der Waals surface area contributed by atoms with Crippen LogP contribution in [0.2, 0.25) is 0 Å². The fourth-order valence-electron chi connectivity index (χ4n) is 1.59. The number of halogens is 1. The third-order valence-electron chi connectivity index (χ3n) is 2.34. The highest BCUT2D eigenvalue weighted by molar-refractivity contribution is 7.99. The smallest absolute Gasteiger partial charge is 0.124 e. The summed E-state index contributed by atoms with van der Waals surface area (Å²) >= 11 is 1.49. The van der Waals surface area contributed by atoms with Crippen LogP contribution in [0.1, 0.15) is 11.1 Å². The minimum atomic E-state index is -0.313. The van der Waals surface area contributed by atoms with Gasteiger partial charge in [0.25, 0.3) is 0 Å². The molecule has 0 bridgehead atoms. The van der Waals surface area contributed by atoms with Crippen molar-refractivity contribution in [3.05, 3.63) is 59.4 Å². The van der Waals surface area contributed by atoms with Crippen molar-refractivity contribution in [3.63, 3.8) is 0 Å². The van der Waals surface area contributed by atoms with E-state index in [2.05, 4.69) is 0 Å². The maximum Gasteiger partial charge on any atom is 0.124 e. The monoisotopic (exact) mass is 248 g/mol. The molecule has 88 valence electrons. The second-order valence-electron chi connectivity index (χ2n) is 3.87. The van der Waals surface area contributed by atoms with Crippen LogP contribution in [0, 0.1) is 12.7 Å². The fourth-order valence-corrected chi connectivity index (χ4v) is 2.63. The van der Waals surface area contributed by atoms with Crippen molar-refractivity contribution in [2.45, 2.75) is 23.3 Å². The Morgan fingerprint density at radius 1 is 1.12 bits per heavy atom. The second-order valence-corrected chi connectivity index (χ2v) is 5.02. The molecule has 0 atom stereocenters. The summed E-state index contributed by atoms with van der Waals surface area (Å²) in [5.74, 6) is -0.313. The Hall–Kier alpha value is -1.32. The first-order valence-corrected chi connectivity index (χ1v) is 6.14. The topological polar surface area (TPSA) is 20.2 Å². The molecular formula is C14H13FOS. The number of hydrogen-bond donors (Lipinski definition) is 1. The molecule has 17 heavy (non-hydrogen) atoms. The molecular weight excluding hydrogens is 235 g/mol. The maximum atomic E-state index is 13.3. The van der Waals surface area contributed by atoms with E-state index in [0.717, 1.165) is 9.79 Å². The summed E-state index contributed by atoms with van der Waals surface area (Å²) in [6, 6.07) is 12.7. The largest absolute Gasteiger partial charge is 0.392 e. The van der Waals surface area contributed by atoms with Crippen molar-refractivity contribution in [3.8, 4) is 0 Å². The van der Waals surface area contributed by atoms with Gasteiger partial charge in [0.1, 0.15) is 5.82 Å². The zero-order chi connectivity index (χ0) is 12.3. The lowest BCUT2D eigenvalue weighted by Gasteiger charge is -2.05. The highest BCUT2D eigenvalue weighted by Gasteiger charge is 2.02. The van der Waals surface area contributed by atoms with Crippen LogP contribution >= 0.6 is 11.8 Å². The molecule has 0 aliphatic carbocycles. The molecule has 0 spiro atoms. The number of aryl methyl sites for hydroxylation is 1. The first-order chi connectivity index (χ1) is 8.17. The molecule has 0 unspecified atom stereocenters. The van der Waals surface area contributed by atoms with Crippen LogP contribution < -0.4 is 0 Å². The van der Waals surface area contributed by atoms with Crippen LogP contribution in [0.25, 0.3) is 0 Å². The summed E-state index contributed by atoms with van der Waals surface area (Å²) < 4.78 is 13.3. The standard InChI is InChI=1S/C14H13FOS/c1-10-3-2-4-13(5-10)17-14-7-11(9-16)6-12(15)8-14/h2-8,16H,9H2,1H3. The Morgan fingerprint density at radius 3 is 2.65 bits per heavy atom. The SMILES string of the molecule is Cc1cccc(Sc2cc(F)cc(CO)c2)c1. The predicted octanol–water partition coefficient (Wildman–Crippen LogP) is 3.78. The van der Waals surface area contributed by atoms with Gasteiger partial charge >= 0.3 is 0 Å². The summed E-state index contributed by atoms with van der Waals surface area (Å²) in [6.07, 6.45) is 0. The fraction of sp³-hybridized carbons (Fsp3) is 0.143. The third-order valence-corrected chi connectivity index (χ3v) is 3.30. The Kier molecular flexibility index (Phi) is 3.82. The van der Waals surface area contributed by atoms with Gasteiger partial charge in [0.2, 0.25) is 0 Å². The zero-order valence-electron chi connectivity index (χ0n) is 9.48. The predicted molar refractivity (Wildman–Crippen MR) is 67.6 cm³/mol. The van der Waals surface area contributed by atoms with E-state index in [9.17, 15) is 4.39 Å². The highest BCUT2D eigenvalue weighted by atomic mass is 32.2. The lowest BCUT2D eigenvalue weighted by molar-refractivity contribution is 0.281. The van der Waals surface area contributed by atoms with Crippen LogP contribution in [0.5, 0.6) is 0 Å². The van der Waals surface area contributed by atoms with E-state index < -0.39 is 0 Å². The van der Waals surface area contributed by atoms with Gasteiger partial charge in [-0.05, 0) is 42.8 Å². The molecule has 0 fully saturated rings. The lowest BCUT2D eigenvalue weighted by Crippen LogP contribution is -1.86. The van der Waals surface area contributed by atoms with Crippen molar-refractivity contribution < 1.29 is 9.50 Å². The van der Waals surface area contributed by atoms with Gasteiger partial charge in [0, 0.05) is 9.79 Å². The molecule has 2 aromatic carbocycles. The molecule has 1 nitrogen and oxygen atoms in total. The minimum Gasteiger partial charge on any atom is -0.392 e. The van der Waals surface area contributed by atoms with Gasteiger partial charge in [0.05, 0.1) is 6.61 Å². The molecule has 3 heteroatoms. The number of rotatable bonds is 3. The minimum absolute atomic E-state index is 0.140. The van der Waals surface area contributed by atoms with Gasteiger partial charge in [-0.25, -0.2) is 4.39 Å². The summed E-state index contributed by atoms with van der Waals surface area (Å²) in [6.45, 7) is 1.88. The second kappa shape index (κ2) is 5.34. The summed E-state index contributed by atoms with van der Waals surface area (Å²) in [5.41, 5.74) is 1.77. The van der Waals surface area contributed by atoms with Gasteiger partial charge in [0.15, 0.2) is 0 Å². The molecule has 0 aliphatic rings. The van der Waals surface area contributed by atoms with Gasteiger partial charge in [-0.2, -0.15) is 0 Å². The molecule has 0 saturated heterocycles. The van der Waals surface area contributed by atoms with Crippen molar-refractivity contribution >= 4 is 11.8 Å². The number of hydrogen-bond acceptors (Lipinski definition) is 2. The van der Waals surface area contributed by atoms with Crippen LogP contribution in [-0.4, -0.2) is 5.11 Å². The van der Waals surface area contributed by atoms with Gasteiger partial charge in [-0.1, -0.05) is 29.5 Å².